The number of carbonyl (C=O) groups is 1. The molecule has 2 rings (SSSR count). The molecule has 1 aliphatic rings. The van der Waals surface area contributed by atoms with Crippen LogP contribution < -0.4 is 5.32 Å². The van der Waals surface area contributed by atoms with E-state index in [9.17, 15) is 13.2 Å². The van der Waals surface area contributed by atoms with Gasteiger partial charge in [0.05, 0.1) is 4.90 Å². The predicted octanol–water partition coefficient (Wildman–Crippen LogP) is 2.34. The molecule has 1 aromatic carbocycles. The lowest BCUT2D eigenvalue weighted by atomic mass is 10.1. The Morgan fingerprint density at radius 3 is 2.55 bits per heavy atom. The zero-order valence-corrected chi connectivity index (χ0v) is 14.4. The molecule has 1 saturated carbocycles. The Morgan fingerprint density at radius 1 is 1.41 bits per heavy atom. The summed E-state index contributed by atoms with van der Waals surface area (Å²) >= 11 is 0. The zero-order chi connectivity index (χ0) is 16.5. The van der Waals surface area contributed by atoms with Crippen LogP contribution in [0.2, 0.25) is 0 Å². The van der Waals surface area contributed by atoms with Crippen LogP contribution in [0.25, 0.3) is 0 Å². The smallest absolute Gasteiger partial charge is 0.317 e. The highest BCUT2D eigenvalue weighted by Crippen LogP contribution is 2.34. The van der Waals surface area contributed by atoms with E-state index in [2.05, 4.69) is 12.2 Å². The highest BCUT2D eigenvalue weighted by molar-refractivity contribution is 7.90. The molecule has 1 N–H and O–H groups in total. The molecule has 0 heterocycles. The molecule has 122 valence electrons. The van der Waals surface area contributed by atoms with Gasteiger partial charge in [0.1, 0.15) is 0 Å². The summed E-state index contributed by atoms with van der Waals surface area (Å²) in [5, 5.41) is 2.89. The number of nitrogens with one attached hydrogen (secondary N) is 1. The molecule has 1 aromatic rings. The molecule has 0 saturated heterocycles. The topological polar surface area (TPSA) is 66.5 Å². The zero-order valence-electron chi connectivity index (χ0n) is 13.6. The largest absolute Gasteiger partial charge is 0.334 e. The standard InChI is InChI=1S/C16H24N2O3S/c1-11-9-13(5-8-15(11)22(4,20)21)10-17-16(19)18(3)12(2)14-6-7-14/h5,8-9,12,14H,6-7,10H2,1-4H3,(H,17,19)/t12-/m1/s1. The van der Waals surface area contributed by atoms with Crippen LogP contribution in [0.5, 0.6) is 0 Å². The summed E-state index contributed by atoms with van der Waals surface area (Å²) < 4.78 is 23.2. The van der Waals surface area contributed by atoms with E-state index in [0.717, 1.165) is 5.56 Å². The van der Waals surface area contributed by atoms with Crippen LogP contribution in [-0.4, -0.2) is 38.7 Å². The Morgan fingerprint density at radius 2 is 2.05 bits per heavy atom. The van der Waals surface area contributed by atoms with Gasteiger partial charge in [0, 0.05) is 25.9 Å². The van der Waals surface area contributed by atoms with Crippen molar-refractivity contribution in [1.82, 2.24) is 10.2 Å². The minimum absolute atomic E-state index is 0.0933. The van der Waals surface area contributed by atoms with Gasteiger partial charge in [-0.1, -0.05) is 12.1 Å². The fourth-order valence-electron chi connectivity index (χ4n) is 2.62. The van der Waals surface area contributed by atoms with E-state index >= 15 is 0 Å². The van der Waals surface area contributed by atoms with Crippen LogP contribution in [0.1, 0.15) is 30.9 Å². The van der Waals surface area contributed by atoms with E-state index in [4.69, 9.17) is 0 Å². The number of urea groups is 1. The quantitative estimate of drug-likeness (QED) is 0.904. The minimum Gasteiger partial charge on any atom is -0.334 e. The van der Waals surface area contributed by atoms with Crippen LogP contribution in [0.15, 0.2) is 23.1 Å². The van der Waals surface area contributed by atoms with E-state index in [1.807, 2.05) is 7.05 Å². The molecule has 5 nitrogen and oxygen atoms in total. The molecule has 1 fully saturated rings. The fourth-order valence-corrected chi connectivity index (χ4v) is 3.58. The molecule has 0 spiro atoms. The lowest BCUT2D eigenvalue weighted by Gasteiger charge is -2.25. The molecular formula is C16H24N2O3S. The van der Waals surface area contributed by atoms with Crippen molar-refractivity contribution < 1.29 is 13.2 Å². The van der Waals surface area contributed by atoms with E-state index in [1.54, 1.807) is 30.0 Å². The fraction of sp³-hybridized carbons (Fsp3) is 0.562. The van der Waals surface area contributed by atoms with Crippen molar-refractivity contribution >= 4 is 15.9 Å². The summed E-state index contributed by atoms with van der Waals surface area (Å²) in [5.74, 6) is 0.632. The van der Waals surface area contributed by atoms with Gasteiger partial charge < -0.3 is 10.2 Å². The first kappa shape index (κ1) is 16.8. The molecule has 0 unspecified atom stereocenters. The number of sulfone groups is 1. The third kappa shape index (κ3) is 4.00. The highest BCUT2D eigenvalue weighted by Gasteiger charge is 2.32. The molecule has 0 aliphatic heterocycles. The van der Waals surface area contributed by atoms with Crippen molar-refractivity contribution in [3.63, 3.8) is 0 Å². The maximum absolute atomic E-state index is 12.1. The summed E-state index contributed by atoms with van der Waals surface area (Å²) in [7, 11) is -1.39. The number of carbonyl (C=O) groups excluding carboxylic acids is 1. The Balaban J connectivity index is 1.96. The number of hydrogen-bond donors (Lipinski definition) is 1. The van der Waals surface area contributed by atoms with Crippen LogP contribution in [0.4, 0.5) is 4.79 Å². The van der Waals surface area contributed by atoms with Crippen molar-refractivity contribution in [3.8, 4) is 0 Å². The van der Waals surface area contributed by atoms with E-state index in [-0.39, 0.29) is 12.1 Å². The minimum atomic E-state index is -3.20. The van der Waals surface area contributed by atoms with Gasteiger partial charge in [-0.05, 0) is 49.8 Å². The Labute approximate surface area is 132 Å². The molecule has 0 aromatic heterocycles. The van der Waals surface area contributed by atoms with Gasteiger partial charge in [0.25, 0.3) is 0 Å². The van der Waals surface area contributed by atoms with Crippen LogP contribution >= 0.6 is 0 Å². The van der Waals surface area contributed by atoms with Gasteiger partial charge in [0.2, 0.25) is 0 Å². The average molecular weight is 324 g/mol. The highest BCUT2D eigenvalue weighted by atomic mass is 32.2. The van der Waals surface area contributed by atoms with Crippen LogP contribution in [-0.2, 0) is 16.4 Å². The molecule has 6 heteroatoms. The second kappa shape index (κ2) is 6.28. The second-order valence-electron chi connectivity index (χ2n) is 6.22. The Bertz CT molecular complexity index is 666. The molecule has 0 radical (unpaired) electrons. The Kier molecular flexibility index (Phi) is 4.80. The first-order valence-corrected chi connectivity index (χ1v) is 9.39. The predicted molar refractivity (Wildman–Crippen MR) is 86.5 cm³/mol. The monoisotopic (exact) mass is 324 g/mol. The van der Waals surface area contributed by atoms with Gasteiger partial charge in [-0.3, -0.25) is 0 Å². The van der Waals surface area contributed by atoms with E-state index in [1.165, 1.54) is 19.1 Å². The van der Waals surface area contributed by atoms with Crippen LogP contribution in [0, 0.1) is 12.8 Å². The number of aryl methyl sites for hydroxylation is 1. The molecule has 2 amide bonds. The molecule has 1 atom stereocenters. The number of benzene rings is 1. The molecule has 22 heavy (non-hydrogen) atoms. The van der Waals surface area contributed by atoms with Crippen molar-refractivity contribution in [2.75, 3.05) is 13.3 Å². The first-order valence-electron chi connectivity index (χ1n) is 7.50. The van der Waals surface area contributed by atoms with Crippen molar-refractivity contribution in [2.24, 2.45) is 5.92 Å². The number of amides is 2. The lowest BCUT2D eigenvalue weighted by Crippen LogP contribution is -2.43. The van der Waals surface area contributed by atoms with E-state index < -0.39 is 9.84 Å². The summed E-state index contributed by atoms with van der Waals surface area (Å²) in [6.07, 6.45) is 3.60. The molecule has 0 bridgehead atoms. The lowest BCUT2D eigenvalue weighted by molar-refractivity contribution is 0.187. The molecule has 1 aliphatic carbocycles. The number of nitrogens with zero attached hydrogens (tertiary/aromatic N) is 1. The van der Waals surface area contributed by atoms with Crippen molar-refractivity contribution in [2.45, 2.75) is 44.2 Å². The van der Waals surface area contributed by atoms with E-state index in [0.29, 0.717) is 22.9 Å². The average Bonchev–Trinajstić information content (AvgIpc) is 3.26. The first-order chi connectivity index (χ1) is 10.2. The maximum Gasteiger partial charge on any atom is 0.317 e. The van der Waals surface area contributed by atoms with Gasteiger partial charge in [0.15, 0.2) is 9.84 Å². The van der Waals surface area contributed by atoms with Gasteiger partial charge in [-0.15, -0.1) is 0 Å². The normalized spacial score (nSPS) is 16.2. The van der Waals surface area contributed by atoms with Gasteiger partial charge in [-0.2, -0.15) is 0 Å². The van der Waals surface area contributed by atoms with Crippen LogP contribution in [0.3, 0.4) is 0 Å². The van der Waals surface area contributed by atoms with Crippen molar-refractivity contribution in [1.29, 1.82) is 0 Å². The summed E-state index contributed by atoms with van der Waals surface area (Å²) in [5.41, 5.74) is 1.60. The number of hydrogen-bond acceptors (Lipinski definition) is 3. The van der Waals surface area contributed by atoms with Gasteiger partial charge >= 0.3 is 6.03 Å². The maximum atomic E-state index is 12.1. The third-order valence-corrected chi connectivity index (χ3v) is 5.58. The second-order valence-corrected chi connectivity index (χ2v) is 8.20. The summed E-state index contributed by atoms with van der Waals surface area (Å²) in [6, 6.07) is 5.32. The summed E-state index contributed by atoms with van der Waals surface area (Å²) in [6.45, 7) is 4.23. The SMILES string of the molecule is Cc1cc(CNC(=O)N(C)[C@H](C)C2CC2)ccc1S(C)(=O)=O. The van der Waals surface area contributed by atoms with Gasteiger partial charge in [-0.25, -0.2) is 13.2 Å². The Hall–Kier alpha value is -1.56. The number of rotatable bonds is 5. The third-order valence-electron chi connectivity index (χ3n) is 4.32. The van der Waals surface area contributed by atoms with Crippen molar-refractivity contribution in [3.05, 3.63) is 29.3 Å². The molecular weight excluding hydrogens is 300 g/mol. The summed E-state index contributed by atoms with van der Waals surface area (Å²) in [4.78, 5) is 14.2.